The predicted octanol–water partition coefficient (Wildman–Crippen LogP) is 3.60. The fourth-order valence-corrected chi connectivity index (χ4v) is 3.01. The summed E-state index contributed by atoms with van der Waals surface area (Å²) in [4.78, 5) is 5.11. The Labute approximate surface area is 115 Å². The van der Waals surface area contributed by atoms with Gasteiger partial charge >= 0.3 is 0 Å². The van der Waals surface area contributed by atoms with Crippen LogP contribution in [0.4, 0.5) is 13.2 Å². The summed E-state index contributed by atoms with van der Waals surface area (Å²) in [5.74, 6) is -2.31. The van der Waals surface area contributed by atoms with Crippen molar-refractivity contribution in [1.29, 1.82) is 0 Å². The summed E-state index contributed by atoms with van der Waals surface area (Å²) in [5.41, 5.74) is 1.60. The van der Waals surface area contributed by atoms with Crippen LogP contribution in [0, 0.1) is 23.4 Å². The van der Waals surface area contributed by atoms with E-state index in [1.165, 1.54) is 0 Å². The molecule has 0 amide bonds. The average molecular weight is 282 g/mol. The van der Waals surface area contributed by atoms with Crippen LogP contribution in [0.25, 0.3) is 10.9 Å². The lowest BCUT2D eigenvalue weighted by Gasteiger charge is -2.28. The zero-order valence-corrected chi connectivity index (χ0v) is 11.6. The van der Waals surface area contributed by atoms with Gasteiger partial charge in [-0.25, -0.2) is 13.2 Å². The van der Waals surface area contributed by atoms with Crippen LogP contribution >= 0.6 is 0 Å². The van der Waals surface area contributed by atoms with Crippen LogP contribution in [0.5, 0.6) is 0 Å². The molecule has 0 atom stereocenters. The number of aromatic nitrogens is 1. The summed E-state index contributed by atoms with van der Waals surface area (Å²) >= 11 is 0. The molecule has 1 aliphatic rings. The van der Waals surface area contributed by atoms with E-state index in [4.69, 9.17) is 0 Å². The van der Waals surface area contributed by atoms with Gasteiger partial charge in [-0.2, -0.15) is 0 Å². The molecule has 0 radical (unpaired) electrons. The van der Waals surface area contributed by atoms with Gasteiger partial charge in [0.15, 0.2) is 11.6 Å². The third-order valence-corrected chi connectivity index (χ3v) is 3.80. The number of nitrogens with zero attached hydrogens (tertiary/aromatic N) is 1. The van der Waals surface area contributed by atoms with Crippen LogP contribution in [0.15, 0.2) is 6.07 Å². The third-order valence-electron chi connectivity index (χ3n) is 3.80. The van der Waals surface area contributed by atoms with E-state index in [9.17, 15) is 13.2 Å². The van der Waals surface area contributed by atoms with Crippen LogP contribution < -0.4 is 0 Å². The molecule has 20 heavy (non-hydrogen) atoms. The number of benzene rings is 1. The summed E-state index contributed by atoms with van der Waals surface area (Å²) in [6.07, 6.45) is 0.706. The Morgan fingerprint density at radius 2 is 2.00 bits per heavy atom. The summed E-state index contributed by atoms with van der Waals surface area (Å²) in [6, 6.07) is 0.603. The Morgan fingerprint density at radius 3 is 2.70 bits per heavy atom. The molecule has 0 aliphatic carbocycles. The first kappa shape index (κ1) is 13.5. The molecule has 0 saturated heterocycles. The minimum Gasteiger partial charge on any atom is -0.356 e. The van der Waals surface area contributed by atoms with Gasteiger partial charge in [0.05, 0.1) is 5.52 Å². The van der Waals surface area contributed by atoms with Gasteiger partial charge in [0.2, 0.25) is 0 Å². The Bertz CT molecular complexity index is 661. The molecular weight excluding hydrogens is 265 g/mol. The number of halogens is 3. The molecule has 2 nitrogen and oxygen atoms in total. The van der Waals surface area contributed by atoms with Gasteiger partial charge in [0.1, 0.15) is 5.82 Å². The van der Waals surface area contributed by atoms with Gasteiger partial charge in [-0.3, -0.25) is 4.90 Å². The van der Waals surface area contributed by atoms with E-state index in [2.05, 4.69) is 23.7 Å². The van der Waals surface area contributed by atoms with E-state index in [-0.39, 0.29) is 10.9 Å². The summed E-state index contributed by atoms with van der Waals surface area (Å²) in [7, 11) is 0. The standard InChI is InChI=1S/C15H17F3N2/c1-8(2)6-20-4-3-12-9(7-20)13-14(18)10(16)5-11(17)15(13)19-12/h5,8,19H,3-4,6-7H2,1-2H3. The number of aromatic amines is 1. The summed E-state index contributed by atoms with van der Waals surface area (Å²) < 4.78 is 41.2. The highest BCUT2D eigenvalue weighted by Gasteiger charge is 2.25. The van der Waals surface area contributed by atoms with Crippen molar-refractivity contribution in [1.82, 2.24) is 9.88 Å². The first-order valence-corrected chi connectivity index (χ1v) is 6.86. The number of rotatable bonds is 2. The number of hydrogen-bond donors (Lipinski definition) is 1. The maximum absolute atomic E-state index is 14.0. The average Bonchev–Trinajstić information content (AvgIpc) is 2.74. The highest BCUT2D eigenvalue weighted by molar-refractivity contribution is 5.86. The SMILES string of the molecule is CC(C)CN1CCc2[nH]c3c(F)cc(F)c(F)c3c2C1. The van der Waals surface area contributed by atoms with Crippen LogP contribution in [0.3, 0.4) is 0 Å². The van der Waals surface area contributed by atoms with Crippen molar-refractivity contribution in [2.24, 2.45) is 5.92 Å². The number of nitrogens with one attached hydrogen (secondary N) is 1. The lowest BCUT2D eigenvalue weighted by Crippen LogP contribution is -2.33. The van der Waals surface area contributed by atoms with E-state index >= 15 is 0 Å². The molecule has 1 aromatic heterocycles. The zero-order chi connectivity index (χ0) is 14.4. The minimum atomic E-state index is -1.13. The molecule has 0 unspecified atom stereocenters. The molecule has 108 valence electrons. The monoisotopic (exact) mass is 282 g/mol. The summed E-state index contributed by atoms with van der Waals surface area (Å²) in [6.45, 7) is 6.51. The second kappa shape index (κ2) is 4.81. The van der Waals surface area contributed by atoms with E-state index in [1.807, 2.05) is 0 Å². The van der Waals surface area contributed by atoms with Crippen molar-refractivity contribution >= 4 is 10.9 Å². The Balaban J connectivity index is 2.10. The van der Waals surface area contributed by atoms with Gasteiger partial charge < -0.3 is 4.98 Å². The Kier molecular flexibility index (Phi) is 3.24. The van der Waals surface area contributed by atoms with E-state index in [1.54, 1.807) is 0 Å². The molecule has 2 aromatic rings. The largest absolute Gasteiger partial charge is 0.356 e. The second-order valence-corrected chi connectivity index (χ2v) is 5.87. The Hall–Kier alpha value is -1.49. The van der Waals surface area contributed by atoms with Crippen LogP contribution in [0.1, 0.15) is 25.1 Å². The number of fused-ring (bicyclic) bond motifs is 3. The smallest absolute Gasteiger partial charge is 0.168 e. The van der Waals surface area contributed by atoms with Gasteiger partial charge in [-0.05, 0) is 11.5 Å². The minimum absolute atomic E-state index is 0.0750. The fourth-order valence-electron chi connectivity index (χ4n) is 3.01. The molecule has 2 heterocycles. The lowest BCUT2D eigenvalue weighted by molar-refractivity contribution is 0.226. The molecule has 3 rings (SSSR count). The molecule has 1 aliphatic heterocycles. The highest BCUT2D eigenvalue weighted by atomic mass is 19.2. The maximum Gasteiger partial charge on any atom is 0.168 e. The number of H-pyrrole nitrogens is 1. The molecule has 1 N–H and O–H groups in total. The van der Waals surface area contributed by atoms with Crippen LogP contribution in [0.2, 0.25) is 0 Å². The first-order chi connectivity index (χ1) is 9.47. The van der Waals surface area contributed by atoms with Crippen molar-refractivity contribution in [2.75, 3.05) is 13.1 Å². The van der Waals surface area contributed by atoms with Crippen molar-refractivity contribution in [2.45, 2.75) is 26.8 Å². The molecular formula is C15H17F3N2. The molecule has 0 fully saturated rings. The topological polar surface area (TPSA) is 19.0 Å². The third kappa shape index (κ3) is 2.10. The van der Waals surface area contributed by atoms with E-state index in [0.29, 0.717) is 30.5 Å². The molecule has 1 aromatic carbocycles. The van der Waals surface area contributed by atoms with Gasteiger partial charge in [0.25, 0.3) is 0 Å². The quantitative estimate of drug-likeness (QED) is 0.834. The zero-order valence-electron chi connectivity index (χ0n) is 11.6. The number of hydrogen-bond acceptors (Lipinski definition) is 1. The van der Waals surface area contributed by atoms with Crippen molar-refractivity contribution in [3.63, 3.8) is 0 Å². The van der Waals surface area contributed by atoms with Gasteiger partial charge in [-0.1, -0.05) is 13.8 Å². The van der Waals surface area contributed by atoms with Crippen LogP contribution in [-0.2, 0) is 13.0 Å². The molecule has 0 bridgehead atoms. The van der Waals surface area contributed by atoms with Crippen molar-refractivity contribution in [3.8, 4) is 0 Å². The Morgan fingerprint density at radius 1 is 1.25 bits per heavy atom. The van der Waals surface area contributed by atoms with Crippen LogP contribution in [-0.4, -0.2) is 23.0 Å². The van der Waals surface area contributed by atoms with E-state index < -0.39 is 17.5 Å². The second-order valence-electron chi connectivity index (χ2n) is 5.87. The van der Waals surface area contributed by atoms with Gasteiger partial charge in [-0.15, -0.1) is 0 Å². The highest BCUT2D eigenvalue weighted by Crippen LogP contribution is 2.32. The molecule has 0 spiro atoms. The predicted molar refractivity (Wildman–Crippen MR) is 72.0 cm³/mol. The normalized spacial score (nSPS) is 16.1. The molecule has 5 heteroatoms. The fraction of sp³-hybridized carbons (Fsp3) is 0.467. The summed E-state index contributed by atoms with van der Waals surface area (Å²) in [5, 5.41) is 0.0750. The first-order valence-electron chi connectivity index (χ1n) is 6.86. The van der Waals surface area contributed by atoms with Crippen molar-refractivity contribution in [3.05, 3.63) is 34.8 Å². The van der Waals surface area contributed by atoms with E-state index in [0.717, 1.165) is 18.8 Å². The lowest BCUT2D eigenvalue weighted by atomic mass is 10.0. The van der Waals surface area contributed by atoms with Crippen molar-refractivity contribution < 1.29 is 13.2 Å². The van der Waals surface area contributed by atoms with Gasteiger partial charge in [0, 0.05) is 43.2 Å². The maximum atomic E-state index is 14.0. The molecule has 0 saturated carbocycles.